The summed E-state index contributed by atoms with van der Waals surface area (Å²) in [6.07, 6.45) is 0.411. The van der Waals surface area contributed by atoms with Gasteiger partial charge in [-0.1, -0.05) is 60.7 Å². The number of benzene rings is 2. The fraction of sp³-hybridized carbons (Fsp3) is 0.318. The van der Waals surface area contributed by atoms with Gasteiger partial charge in [0.15, 0.2) is 0 Å². The molecular formula is C22H25N3O3. The minimum Gasteiger partial charge on any atom is -0.334 e. The van der Waals surface area contributed by atoms with Crippen LogP contribution in [0.2, 0.25) is 0 Å². The molecule has 0 unspecified atom stereocenters. The molecule has 0 radical (unpaired) electrons. The van der Waals surface area contributed by atoms with Gasteiger partial charge in [-0.3, -0.25) is 14.5 Å². The quantitative estimate of drug-likeness (QED) is 0.752. The molecule has 1 aliphatic heterocycles. The summed E-state index contributed by atoms with van der Waals surface area (Å²) >= 11 is 0. The molecule has 1 aliphatic rings. The van der Waals surface area contributed by atoms with E-state index >= 15 is 0 Å². The van der Waals surface area contributed by atoms with Gasteiger partial charge in [-0.25, -0.2) is 4.79 Å². The summed E-state index contributed by atoms with van der Waals surface area (Å²) in [6.45, 7) is 4.03. The molecular weight excluding hydrogens is 354 g/mol. The maximum absolute atomic E-state index is 12.9. The van der Waals surface area contributed by atoms with Crippen LogP contribution in [-0.4, -0.2) is 46.3 Å². The lowest BCUT2D eigenvalue weighted by atomic mass is 10.1. The van der Waals surface area contributed by atoms with Crippen LogP contribution >= 0.6 is 0 Å². The average Bonchev–Trinajstić information content (AvgIpc) is 2.94. The number of nitrogens with zero attached hydrogens (tertiary/aromatic N) is 2. The van der Waals surface area contributed by atoms with Crippen molar-refractivity contribution in [3.63, 3.8) is 0 Å². The maximum atomic E-state index is 12.9. The molecule has 1 saturated heterocycles. The molecule has 146 valence electrons. The molecule has 6 heteroatoms. The van der Waals surface area contributed by atoms with Gasteiger partial charge in [0.1, 0.15) is 12.6 Å². The molecule has 0 saturated carbocycles. The summed E-state index contributed by atoms with van der Waals surface area (Å²) in [6, 6.07) is 18.0. The van der Waals surface area contributed by atoms with Crippen LogP contribution in [0, 0.1) is 0 Å². The van der Waals surface area contributed by atoms with E-state index in [1.54, 1.807) is 4.90 Å². The van der Waals surface area contributed by atoms with Gasteiger partial charge >= 0.3 is 6.03 Å². The Balaban J connectivity index is 1.66. The Morgan fingerprint density at radius 1 is 1.00 bits per heavy atom. The van der Waals surface area contributed by atoms with Gasteiger partial charge < -0.3 is 10.2 Å². The number of carbonyl (C=O) groups excluding carboxylic acids is 3. The highest BCUT2D eigenvalue weighted by atomic mass is 16.2. The number of hydrogen-bond acceptors (Lipinski definition) is 3. The summed E-state index contributed by atoms with van der Waals surface area (Å²) in [5, 5.41) is 2.69. The van der Waals surface area contributed by atoms with Crippen LogP contribution in [-0.2, 0) is 22.6 Å². The monoisotopic (exact) mass is 379 g/mol. The Labute approximate surface area is 165 Å². The standard InChI is InChI=1S/C22H25N3O3/c1-16(2)24(14-18-11-7-4-8-12-18)20(26)15-25-21(27)19(23-22(25)28)13-17-9-5-3-6-10-17/h3-12,16,19H,13-15H2,1-2H3,(H,23,28)/t19-/m1/s1. The molecule has 1 fully saturated rings. The lowest BCUT2D eigenvalue weighted by molar-refractivity contribution is -0.139. The number of urea groups is 1. The Morgan fingerprint density at radius 2 is 1.57 bits per heavy atom. The zero-order chi connectivity index (χ0) is 20.1. The number of amides is 4. The van der Waals surface area contributed by atoms with Gasteiger partial charge in [0, 0.05) is 19.0 Å². The van der Waals surface area contributed by atoms with Crippen LogP contribution in [0.1, 0.15) is 25.0 Å². The second-order valence-corrected chi connectivity index (χ2v) is 7.22. The Bertz CT molecular complexity index is 837. The number of imide groups is 1. The zero-order valence-corrected chi connectivity index (χ0v) is 16.2. The minimum atomic E-state index is -0.635. The topological polar surface area (TPSA) is 69.7 Å². The number of nitrogens with one attached hydrogen (secondary N) is 1. The fourth-order valence-corrected chi connectivity index (χ4v) is 3.28. The lowest BCUT2D eigenvalue weighted by Crippen LogP contribution is -2.45. The molecule has 6 nitrogen and oxygen atoms in total. The molecule has 2 aromatic rings. The smallest absolute Gasteiger partial charge is 0.325 e. The minimum absolute atomic E-state index is 0.0476. The van der Waals surface area contributed by atoms with E-state index in [4.69, 9.17) is 0 Å². The van der Waals surface area contributed by atoms with Crippen molar-refractivity contribution in [1.29, 1.82) is 0 Å². The first-order valence-electron chi connectivity index (χ1n) is 9.45. The van der Waals surface area contributed by atoms with Gasteiger partial charge in [0.2, 0.25) is 5.91 Å². The molecule has 1 N–H and O–H groups in total. The molecule has 1 heterocycles. The van der Waals surface area contributed by atoms with E-state index in [0.29, 0.717) is 13.0 Å². The SMILES string of the molecule is CC(C)N(Cc1ccccc1)C(=O)CN1C(=O)N[C@H](Cc2ccccc2)C1=O. The number of hydrogen-bond donors (Lipinski definition) is 1. The zero-order valence-electron chi connectivity index (χ0n) is 16.2. The van der Waals surface area contributed by atoms with Gasteiger partial charge in [0.25, 0.3) is 5.91 Å². The normalized spacial score (nSPS) is 16.4. The van der Waals surface area contributed by atoms with Crippen molar-refractivity contribution >= 4 is 17.8 Å². The third-order valence-electron chi connectivity index (χ3n) is 4.82. The molecule has 1 atom stereocenters. The van der Waals surface area contributed by atoms with Crippen molar-refractivity contribution < 1.29 is 14.4 Å². The van der Waals surface area contributed by atoms with E-state index in [2.05, 4.69) is 5.32 Å². The van der Waals surface area contributed by atoms with Gasteiger partial charge in [-0.15, -0.1) is 0 Å². The summed E-state index contributed by atoms with van der Waals surface area (Å²) in [5.41, 5.74) is 1.96. The molecule has 4 amide bonds. The Hall–Kier alpha value is -3.15. The predicted octanol–water partition coefficient (Wildman–Crippen LogP) is 2.59. The van der Waals surface area contributed by atoms with E-state index in [1.807, 2.05) is 74.5 Å². The second kappa shape index (κ2) is 8.69. The van der Waals surface area contributed by atoms with Crippen LogP contribution in [0.25, 0.3) is 0 Å². The van der Waals surface area contributed by atoms with Crippen LogP contribution in [0.15, 0.2) is 60.7 Å². The summed E-state index contributed by atoms with van der Waals surface area (Å²) < 4.78 is 0. The predicted molar refractivity (Wildman–Crippen MR) is 106 cm³/mol. The molecule has 0 aliphatic carbocycles. The molecule has 0 aromatic heterocycles. The number of carbonyl (C=O) groups is 3. The van der Waals surface area contributed by atoms with Crippen molar-refractivity contribution in [2.75, 3.05) is 6.54 Å². The van der Waals surface area contributed by atoms with Crippen LogP contribution in [0.4, 0.5) is 4.79 Å². The summed E-state index contributed by atoms with van der Waals surface area (Å²) in [5.74, 6) is -0.603. The summed E-state index contributed by atoms with van der Waals surface area (Å²) in [4.78, 5) is 40.5. The Morgan fingerprint density at radius 3 is 2.14 bits per heavy atom. The summed E-state index contributed by atoms with van der Waals surface area (Å²) in [7, 11) is 0. The first-order chi connectivity index (χ1) is 13.5. The first-order valence-corrected chi connectivity index (χ1v) is 9.45. The van der Waals surface area contributed by atoms with E-state index in [-0.39, 0.29) is 24.4 Å². The van der Waals surface area contributed by atoms with Crippen LogP contribution in [0.3, 0.4) is 0 Å². The molecule has 28 heavy (non-hydrogen) atoms. The van der Waals surface area contributed by atoms with Crippen LogP contribution < -0.4 is 5.32 Å². The Kier molecular flexibility index (Phi) is 6.09. The molecule has 0 spiro atoms. The van der Waals surface area contributed by atoms with Crippen molar-refractivity contribution in [1.82, 2.24) is 15.1 Å². The maximum Gasteiger partial charge on any atom is 0.325 e. The van der Waals surface area contributed by atoms with E-state index in [0.717, 1.165) is 16.0 Å². The largest absolute Gasteiger partial charge is 0.334 e. The van der Waals surface area contributed by atoms with Crippen molar-refractivity contribution in [2.45, 2.75) is 38.9 Å². The van der Waals surface area contributed by atoms with Crippen LogP contribution in [0.5, 0.6) is 0 Å². The fourth-order valence-electron chi connectivity index (χ4n) is 3.28. The van der Waals surface area contributed by atoms with E-state index in [9.17, 15) is 14.4 Å². The molecule has 3 rings (SSSR count). The van der Waals surface area contributed by atoms with Crippen molar-refractivity contribution in [3.05, 3.63) is 71.8 Å². The molecule has 2 aromatic carbocycles. The van der Waals surface area contributed by atoms with Crippen molar-refractivity contribution in [3.8, 4) is 0 Å². The highest BCUT2D eigenvalue weighted by molar-refractivity contribution is 6.06. The van der Waals surface area contributed by atoms with Crippen molar-refractivity contribution in [2.24, 2.45) is 0 Å². The van der Waals surface area contributed by atoms with Gasteiger partial charge in [-0.2, -0.15) is 0 Å². The highest BCUT2D eigenvalue weighted by Gasteiger charge is 2.39. The van der Waals surface area contributed by atoms with E-state index in [1.165, 1.54) is 0 Å². The van der Waals surface area contributed by atoms with E-state index < -0.39 is 12.1 Å². The first kappa shape index (κ1) is 19.6. The lowest BCUT2D eigenvalue weighted by Gasteiger charge is -2.28. The highest BCUT2D eigenvalue weighted by Crippen LogP contribution is 2.14. The average molecular weight is 379 g/mol. The third-order valence-corrected chi connectivity index (χ3v) is 4.82. The van der Waals surface area contributed by atoms with Gasteiger partial charge in [0.05, 0.1) is 0 Å². The second-order valence-electron chi connectivity index (χ2n) is 7.22. The number of rotatable bonds is 7. The third kappa shape index (κ3) is 4.57. The van der Waals surface area contributed by atoms with Gasteiger partial charge in [-0.05, 0) is 25.0 Å². The molecule has 0 bridgehead atoms.